The van der Waals surface area contributed by atoms with Crippen LogP contribution >= 0.6 is 0 Å². The first kappa shape index (κ1) is 21.3. The predicted molar refractivity (Wildman–Crippen MR) is 123 cm³/mol. The fraction of sp³-hybridized carbons (Fsp3) is 0.273. The minimum atomic E-state index is -0.567. The maximum absolute atomic E-state index is 11.6. The second kappa shape index (κ2) is 9.48. The van der Waals surface area contributed by atoms with Crippen molar-refractivity contribution in [2.45, 2.75) is 6.54 Å². The fourth-order valence-electron chi connectivity index (χ4n) is 3.63. The van der Waals surface area contributed by atoms with Gasteiger partial charge in [0.15, 0.2) is 0 Å². The van der Waals surface area contributed by atoms with Crippen molar-refractivity contribution in [3.8, 4) is 5.75 Å². The van der Waals surface area contributed by atoms with Gasteiger partial charge in [0.05, 0.1) is 12.0 Å². The van der Waals surface area contributed by atoms with Crippen LogP contribution in [0.2, 0.25) is 0 Å². The molecular formula is C22H25N7O3. The third-order valence-corrected chi connectivity index (χ3v) is 5.34. The van der Waals surface area contributed by atoms with E-state index in [0.717, 1.165) is 19.6 Å². The zero-order chi connectivity index (χ0) is 22.5. The first-order chi connectivity index (χ1) is 15.5. The maximum Gasteiger partial charge on any atom is 0.353 e. The van der Waals surface area contributed by atoms with Crippen LogP contribution in [0.1, 0.15) is 5.56 Å². The Labute approximate surface area is 185 Å². The molecule has 0 aliphatic carbocycles. The van der Waals surface area contributed by atoms with Gasteiger partial charge in [-0.2, -0.15) is 9.97 Å². The zero-order valence-electron chi connectivity index (χ0n) is 17.8. The summed E-state index contributed by atoms with van der Waals surface area (Å²) >= 11 is 0. The number of nitrogen functional groups attached to an aromatic ring is 1. The molecule has 0 atom stereocenters. The Balaban J connectivity index is 1.51. The number of hydrogen-bond donors (Lipinski definition) is 2. The molecule has 2 heterocycles. The molecule has 0 unspecified atom stereocenters. The third kappa shape index (κ3) is 4.86. The monoisotopic (exact) mass is 435 g/mol. The number of aromatic nitrogens is 2. The van der Waals surface area contributed by atoms with Crippen LogP contribution in [-0.4, -0.2) is 53.1 Å². The van der Waals surface area contributed by atoms with E-state index in [-0.39, 0.29) is 17.3 Å². The largest absolute Gasteiger partial charge is 0.497 e. The third-order valence-electron chi connectivity index (χ3n) is 5.34. The van der Waals surface area contributed by atoms with Crippen molar-refractivity contribution < 1.29 is 9.66 Å². The van der Waals surface area contributed by atoms with Crippen LogP contribution in [0.5, 0.6) is 5.75 Å². The molecule has 4 rings (SSSR count). The number of anilines is 4. The van der Waals surface area contributed by atoms with Crippen molar-refractivity contribution in [2.75, 3.05) is 49.2 Å². The SMILES string of the molecule is COc1ccc(Nc2nc(N3CCN(Cc4ccccc4)CC3)nc(N)c2[N+](=O)[O-])cc1. The van der Waals surface area contributed by atoms with E-state index in [0.29, 0.717) is 30.5 Å². The highest BCUT2D eigenvalue weighted by molar-refractivity contribution is 5.74. The topological polar surface area (TPSA) is 123 Å². The van der Waals surface area contributed by atoms with Crippen molar-refractivity contribution in [1.29, 1.82) is 0 Å². The average Bonchev–Trinajstić information content (AvgIpc) is 2.80. The normalized spacial score (nSPS) is 14.2. The van der Waals surface area contributed by atoms with Crippen LogP contribution in [0.3, 0.4) is 0 Å². The van der Waals surface area contributed by atoms with Crippen molar-refractivity contribution in [2.24, 2.45) is 0 Å². The summed E-state index contributed by atoms with van der Waals surface area (Å²) < 4.78 is 5.15. The molecule has 10 heteroatoms. The van der Waals surface area contributed by atoms with E-state index in [4.69, 9.17) is 10.5 Å². The molecular weight excluding hydrogens is 410 g/mol. The highest BCUT2D eigenvalue weighted by Gasteiger charge is 2.27. The van der Waals surface area contributed by atoms with Gasteiger partial charge in [0.25, 0.3) is 0 Å². The Bertz CT molecular complexity index is 1070. The summed E-state index contributed by atoms with van der Waals surface area (Å²) in [5.41, 5.74) is 7.52. The molecule has 0 spiro atoms. The lowest BCUT2D eigenvalue weighted by Crippen LogP contribution is -2.46. The summed E-state index contributed by atoms with van der Waals surface area (Å²) in [4.78, 5) is 24.1. The molecule has 0 saturated carbocycles. The molecule has 1 aliphatic heterocycles. The number of nitro groups is 1. The second-order valence-corrected chi connectivity index (χ2v) is 7.47. The lowest BCUT2D eigenvalue weighted by molar-refractivity contribution is -0.383. The summed E-state index contributed by atoms with van der Waals surface area (Å²) in [6.45, 7) is 3.94. The molecule has 3 aromatic rings. The number of methoxy groups -OCH3 is 1. The van der Waals surface area contributed by atoms with Crippen LogP contribution in [0.15, 0.2) is 54.6 Å². The van der Waals surface area contributed by atoms with Gasteiger partial charge in [-0.05, 0) is 29.8 Å². The van der Waals surface area contributed by atoms with Gasteiger partial charge < -0.3 is 20.7 Å². The van der Waals surface area contributed by atoms with E-state index in [2.05, 4.69) is 32.3 Å². The van der Waals surface area contributed by atoms with Gasteiger partial charge in [0.2, 0.25) is 17.6 Å². The van der Waals surface area contributed by atoms with Gasteiger partial charge >= 0.3 is 5.69 Å². The Morgan fingerprint density at radius 3 is 2.38 bits per heavy atom. The van der Waals surface area contributed by atoms with Crippen molar-refractivity contribution in [1.82, 2.24) is 14.9 Å². The van der Waals surface area contributed by atoms with Crippen LogP contribution < -0.4 is 20.7 Å². The summed E-state index contributed by atoms with van der Waals surface area (Å²) in [5, 5.41) is 14.6. The van der Waals surface area contributed by atoms with E-state index >= 15 is 0 Å². The van der Waals surface area contributed by atoms with Crippen molar-refractivity contribution in [3.63, 3.8) is 0 Å². The van der Waals surface area contributed by atoms with Crippen LogP contribution in [-0.2, 0) is 6.54 Å². The first-order valence-corrected chi connectivity index (χ1v) is 10.3. The Morgan fingerprint density at radius 1 is 1.06 bits per heavy atom. The number of nitrogens with zero attached hydrogens (tertiary/aromatic N) is 5. The van der Waals surface area contributed by atoms with Crippen LogP contribution in [0.25, 0.3) is 0 Å². The number of hydrogen-bond acceptors (Lipinski definition) is 9. The summed E-state index contributed by atoms with van der Waals surface area (Å²) in [7, 11) is 1.57. The number of benzene rings is 2. The number of ether oxygens (including phenoxy) is 1. The Hall–Kier alpha value is -3.92. The lowest BCUT2D eigenvalue weighted by atomic mass is 10.2. The number of nitrogens with one attached hydrogen (secondary N) is 1. The second-order valence-electron chi connectivity index (χ2n) is 7.47. The standard InChI is InChI=1S/C22H25N7O3/c1-32-18-9-7-17(8-10-18)24-21-19(29(30)31)20(23)25-22(26-21)28-13-11-27(12-14-28)15-16-5-3-2-4-6-16/h2-10H,11-15H2,1H3,(H3,23,24,25,26). The number of piperazine rings is 1. The van der Waals surface area contributed by atoms with Gasteiger partial charge in [-0.1, -0.05) is 30.3 Å². The minimum absolute atomic E-state index is 0.0642. The van der Waals surface area contributed by atoms with Gasteiger partial charge in [0.1, 0.15) is 5.75 Å². The van der Waals surface area contributed by atoms with E-state index < -0.39 is 4.92 Å². The molecule has 0 amide bonds. The quantitative estimate of drug-likeness (QED) is 0.426. The van der Waals surface area contributed by atoms with Gasteiger partial charge in [0, 0.05) is 38.4 Å². The molecule has 1 saturated heterocycles. The van der Waals surface area contributed by atoms with Gasteiger partial charge in [-0.3, -0.25) is 15.0 Å². The number of nitrogens with two attached hydrogens (primary N) is 1. The molecule has 1 fully saturated rings. The molecule has 166 valence electrons. The fourth-order valence-corrected chi connectivity index (χ4v) is 3.63. The Kier molecular flexibility index (Phi) is 6.31. The van der Waals surface area contributed by atoms with E-state index in [1.807, 2.05) is 23.1 Å². The minimum Gasteiger partial charge on any atom is -0.497 e. The first-order valence-electron chi connectivity index (χ1n) is 10.3. The van der Waals surface area contributed by atoms with Crippen LogP contribution in [0, 0.1) is 10.1 Å². The maximum atomic E-state index is 11.6. The summed E-state index contributed by atoms with van der Waals surface area (Å²) in [5.74, 6) is 0.960. The van der Waals surface area contributed by atoms with Crippen LogP contribution in [0.4, 0.5) is 29.0 Å². The average molecular weight is 435 g/mol. The summed E-state index contributed by atoms with van der Waals surface area (Å²) in [6.07, 6.45) is 0. The highest BCUT2D eigenvalue weighted by atomic mass is 16.6. The van der Waals surface area contributed by atoms with Crippen molar-refractivity contribution in [3.05, 3.63) is 70.3 Å². The summed E-state index contributed by atoms with van der Waals surface area (Å²) in [6, 6.07) is 17.3. The molecule has 3 N–H and O–H groups in total. The smallest absolute Gasteiger partial charge is 0.353 e. The van der Waals surface area contributed by atoms with Gasteiger partial charge in [-0.15, -0.1) is 0 Å². The van der Waals surface area contributed by atoms with Crippen molar-refractivity contribution >= 4 is 29.0 Å². The number of rotatable bonds is 7. The predicted octanol–water partition coefficient (Wildman–Crippen LogP) is 3.04. The molecule has 1 aliphatic rings. The van der Waals surface area contributed by atoms with E-state index in [1.165, 1.54) is 5.56 Å². The highest BCUT2D eigenvalue weighted by Crippen LogP contribution is 2.33. The lowest BCUT2D eigenvalue weighted by Gasteiger charge is -2.34. The Morgan fingerprint density at radius 2 is 1.75 bits per heavy atom. The van der Waals surface area contributed by atoms with Gasteiger partial charge in [-0.25, -0.2) is 0 Å². The molecule has 10 nitrogen and oxygen atoms in total. The molecule has 0 bridgehead atoms. The molecule has 32 heavy (non-hydrogen) atoms. The molecule has 1 aromatic heterocycles. The zero-order valence-corrected chi connectivity index (χ0v) is 17.8. The van der Waals surface area contributed by atoms with E-state index in [9.17, 15) is 10.1 Å². The molecule has 0 radical (unpaired) electrons. The van der Waals surface area contributed by atoms with E-state index in [1.54, 1.807) is 31.4 Å². The molecule has 2 aromatic carbocycles.